The van der Waals surface area contributed by atoms with Crippen LogP contribution >= 0.6 is 0 Å². The number of phenols is 1. The van der Waals surface area contributed by atoms with Crippen LogP contribution in [0, 0.1) is 5.92 Å². The third-order valence-corrected chi connectivity index (χ3v) is 3.73. The van der Waals surface area contributed by atoms with Gasteiger partial charge in [0.25, 0.3) is 0 Å². The molecule has 0 amide bonds. The minimum absolute atomic E-state index is 0.360. The van der Waals surface area contributed by atoms with E-state index in [1.54, 1.807) is 6.07 Å². The molecule has 1 unspecified atom stereocenters. The van der Waals surface area contributed by atoms with Crippen molar-refractivity contribution >= 4 is 17.2 Å². The monoisotopic (exact) mass is 229 g/mol. The van der Waals surface area contributed by atoms with Gasteiger partial charge >= 0.3 is 0 Å². The molecule has 1 fully saturated rings. The number of aromatic amines is 1. The number of aldehydes is 1. The lowest BCUT2D eigenvalue weighted by Crippen LogP contribution is -1.86. The molecule has 17 heavy (non-hydrogen) atoms. The van der Waals surface area contributed by atoms with Crippen molar-refractivity contribution in [3.05, 3.63) is 29.5 Å². The molecule has 1 saturated carbocycles. The number of hydrogen-bond acceptors (Lipinski definition) is 2. The fraction of sp³-hybridized carbons (Fsp3) is 0.357. The second-order valence-electron chi connectivity index (χ2n) is 4.96. The van der Waals surface area contributed by atoms with Gasteiger partial charge in [0.15, 0.2) is 0 Å². The largest absolute Gasteiger partial charge is 0.508 e. The summed E-state index contributed by atoms with van der Waals surface area (Å²) < 4.78 is 0. The first-order valence-electron chi connectivity index (χ1n) is 5.97. The first-order valence-corrected chi connectivity index (χ1v) is 5.97. The summed E-state index contributed by atoms with van der Waals surface area (Å²) in [5, 5.41) is 11.0. The third-order valence-electron chi connectivity index (χ3n) is 3.73. The molecule has 1 aliphatic rings. The number of phenolic OH excluding ortho intramolecular Hbond substituents is 1. The molecule has 3 nitrogen and oxygen atoms in total. The molecule has 3 rings (SSSR count). The van der Waals surface area contributed by atoms with Crippen LogP contribution < -0.4 is 0 Å². The van der Waals surface area contributed by atoms with E-state index in [2.05, 4.69) is 11.9 Å². The quantitative estimate of drug-likeness (QED) is 0.795. The maximum Gasteiger partial charge on any atom is 0.124 e. The Morgan fingerprint density at radius 2 is 2.29 bits per heavy atom. The van der Waals surface area contributed by atoms with Gasteiger partial charge in [-0.15, -0.1) is 0 Å². The number of fused-ring (bicyclic) bond motifs is 1. The highest BCUT2D eigenvalue weighted by molar-refractivity contribution is 5.87. The van der Waals surface area contributed by atoms with E-state index in [9.17, 15) is 9.90 Å². The molecule has 3 heteroatoms. The predicted molar refractivity (Wildman–Crippen MR) is 66.3 cm³/mol. The highest BCUT2D eigenvalue weighted by Gasteiger charge is 2.36. The van der Waals surface area contributed by atoms with Gasteiger partial charge in [0.1, 0.15) is 12.0 Å². The van der Waals surface area contributed by atoms with E-state index in [1.165, 1.54) is 0 Å². The zero-order chi connectivity index (χ0) is 12.0. The molecule has 2 atom stereocenters. The van der Waals surface area contributed by atoms with Crippen molar-refractivity contribution in [2.45, 2.75) is 25.7 Å². The summed E-state index contributed by atoms with van der Waals surface area (Å²) in [5.74, 6) is 1.53. The highest BCUT2D eigenvalue weighted by Crippen LogP contribution is 2.50. The Morgan fingerprint density at radius 1 is 1.53 bits per heavy atom. The number of rotatable bonds is 3. The van der Waals surface area contributed by atoms with Gasteiger partial charge in [-0.25, -0.2) is 0 Å². The zero-order valence-electron chi connectivity index (χ0n) is 9.73. The topological polar surface area (TPSA) is 53.1 Å². The maximum atomic E-state index is 10.6. The van der Waals surface area contributed by atoms with E-state index >= 15 is 0 Å². The molecule has 1 aliphatic carbocycles. The predicted octanol–water partition coefficient (Wildman–Crippen LogP) is 2.74. The highest BCUT2D eigenvalue weighted by atomic mass is 16.3. The van der Waals surface area contributed by atoms with Crippen molar-refractivity contribution in [3.8, 4) is 5.75 Å². The van der Waals surface area contributed by atoms with Crippen molar-refractivity contribution in [3.63, 3.8) is 0 Å². The van der Waals surface area contributed by atoms with E-state index in [0.717, 1.165) is 34.7 Å². The van der Waals surface area contributed by atoms with Crippen LogP contribution in [-0.4, -0.2) is 16.4 Å². The van der Waals surface area contributed by atoms with Crippen LogP contribution in [0.3, 0.4) is 0 Å². The number of aromatic nitrogens is 1. The number of carbonyl (C=O) groups excluding carboxylic acids is 1. The zero-order valence-corrected chi connectivity index (χ0v) is 9.73. The average molecular weight is 229 g/mol. The van der Waals surface area contributed by atoms with Crippen LogP contribution in [0.5, 0.6) is 5.75 Å². The van der Waals surface area contributed by atoms with Gasteiger partial charge in [0.2, 0.25) is 0 Å². The van der Waals surface area contributed by atoms with Crippen LogP contribution in [0.15, 0.2) is 18.3 Å². The van der Waals surface area contributed by atoms with Crippen LogP contribution in [0.1, 0.15) is 30.4 Å². The van der Waals surface area contributed by atoms with Crippen molar-refractivity contribution in [2.24, 2.45) is 5.92 Å². The van der Waals surface area contributed by atoms with E-state index in [-0.39, 0.29) is 0 Å². The first kappa shape index (κ1) is 10.4. The molecule has 88 valence electrons. The first-order chi connectivity index (χ1) is 8.20. The molecular weight excluding hydrogens is 214 g/mol. The van der Waals surface area contributed by atoms with Crippen molar-refractivity contribution < 1.29 is 9.90 Å². The Morgan fingerprint density at radius 3 is 2.94 bits per heavy atom. The summed E-state index contributed by atoms with van der Waals surface area (Å²) >= 11 is 0. The molecule has 0 bridgehead atoms. The van der Waals surface area contributed by atoms with Crippen LogP contribution in [0.25, 0.3) is 10.9 Å². The third kappa shape index (κ3) is 1.62. The molecule has 1 heterocycles. The summed E-state index contributed by atoms with van der Waals surface area (Å²) in [6.45, 7) is 2.20. The molecule has 2 N–H and O–H groups in total. The second-order valence-corrected chi connectivity index (χ2v) is 4.96. The molecule has 0 aliphatic heterocycles. The van der Waals surface area contributed by atoms with E-state index < -0.39 is 0 Å². The number of carbonyl (C=O) groups is 1. The van der Waals surface area contributed by atoms with E-state index in [1.807, 2.05) is 12.3 Å². The molecule has 1 aromatic carbocycles. The minimum Gasteiger partial charge on any atom is -0.508 e. The Kier molecular flexibility index (Phi) is 2.21. The molecule has 1 aromatic heterocycles. The summed E-state index contributed by atoms with van der Waals surface area (Å²) in [7, 11) is 0. The SMILES string of the molecule is CC1C[C@@H]1c1cc2[nH]cc(CC=O)c2cc1O. The van der Waals surface area contributed by atoms with Gasteiger partial charge < -0.3 is 14.9 Å². The average Bonchev–Trinajstić information content (AvgIpc) is 2.90. The Hall–Kier alpha value is -1.77. The fourth-order valence-electron chi connectivity index (χ4n) is 2.54. The van der Waals surface area contributed by atoms with Crippen molar-refractivity contribution in [1.29, 1.82) is 0 Å². The van der Waals surface area contributed by atoms with Crippen molar-refractivity contribution in [1.82, 2.24) is 4.98 Å². The van der Waals surface area contributed by atoms with Gasteiger partial charge in [-0.2, -0.15) is 0 Å². The van der Waals surface area contributed by atoms with Crippen LogP contribution in [-0.2, 0) is 11.2 Å². The van der Waals surface area contributed by atoms with Crippen molar-refractivity contribution in [2.75, 3.05) is 0 Å². The normalized spacial score (nSPS) is 22.9. The summed E-state index contributed by atoms with van der Waals surface area (Å²) in [4.78, 5) is 13.7. The molecule has 0 spiro atoms. The van der Waals surface area contributed by atoms with Gasteiger partial charge in [0.05, 0.1) is 0 Å². The Labute approximate surface area is 99.5 Å². The lowest BCUT2D eigenvalue weighted by molar-refractivity contribution is -0.107. The summed E-state index contributed by atoms with van der Waals surface area (Å²) in [6.07, 6.45) is 4.27. The number of aromatic hydroxyl groups is 1. The molecular formula is C14H15NO2. The van der Waals surface area contributed by atoms with Crippen LogP contribution in [0.4, 0.5) is 0 Å². The number of nitrogens with one attached hydrogen (secondary N) is 1. The van der Waals surface area contributed by atoms with E-state index in [4.69, 9.17) is 0 Å². The fourth-order valence-corrected chi connectivity index (χ4v) is 2.54. The van der Waals surface area contributed by atoms with Crippen LogP contribution in [0.2, 0.25) is 0 Å². The standard InChI is InChI=1S/C14H15NO2/c1-8-4-10(8)12-5-13-11(6-14(12)17)9(2-3-16)7-15-13/h3,5-8,10,15,17H,2,4H2,1H3/t8?,10-/m0/s1. The minimum atomic E-state index is 0.360. The second kappa shape index (κ2) is 3.62. The van der Waals surface area contributed by atoms with E-state index in [0.29, 0.717) is 24.0 Å². The van der Waals surface area contributed by atoms with Gasteiger partial charge in [0, 0.05) is 23.5 Å². The lowest BCUT2D eigenvalue weighted by Gasteiger charge is -2.04. The maximum absolute atomic E-state index is 10.6. The van der Waals surface area contributed by atoms with Gasteiger partial charge in [-0.1, -0.05) is 6.92 Å². The number of benzene rings is 1. The lowest BCUT2D eigenvalue weighted by atomic mass is 10.0. The smallest absolute Gasteiger partial charge is 0.124 e. The molecule has 0 radical (unpaired) electrons. The Balaban J connectivity index is 2.11. The molecule has 2 aromatic rings. The summed E-state index contributed by atoms with van der Waals surface area (Å²) in [6, 6.07) is 3.80. The van der Waals surface area contributed by atoms with Gasteiger partial charge in [-0.3, -0.25) is 0 Å². The summed E-state index contributed by atoms with van der Waals surface area (Å²) in [5.41, 5.74) is 2.99. The Bertz CT molecular complexity index is 585. The molecule has 0 saturated heterocycles. The van der Waals surface area contributed by atoms with Gasteiger partial charge in [-0.05, 0) is 41.5 Å². The number of hydrogen-bond donors (Lipinski definition) is 2. The number of H-pyrrole nitrogens is 1.